The topological polar surface area (TPSA) is 0 Å². The molecule has 0 heterocycles. The molecule has 270 valence electrons. The van der Waals surface area contributed by atoms with Crippen LogP contribution in [0.3, 0.4) is 0 Å². The van der Waals surface area contributed by atoms with Crippen molar-refractivity contribution < 1.29 is 0 Å². The first-order valence-electron chi connectivity index (χ1n) is 22.6. The molecule has 0 aromatic heterocycles. The van der Waals surface area contributed by atoms with Crippen LogP contribution >= 0.6 is 0 Å². The van der Waals surface area contributed by atoms with E-state index >= 15 is 0 Å². The van der Waals surface area contributed by atoms with Gasteiger partial charge < -0.3 is 0 Å². The maximum absolute atomic E-state index is 2.58. The molecule has 0 N–H and O–H groups in total. The highest BCUT2D eigenvalue weighted by Crippen LogP contribution is 2.59. The van der Waals surface area contributed by atoms with Gasteiger partial charge in [-0.1, -0.05) is 136 Å². The van der Waals surface area contributed by atoms with Gasteiger partial charge >= 0.3 is 0 Å². The third-order valence-electron chi connectivity index (χ3n) is 17.2. The monoisotopic (exact) mass is 647 g/mol. The second kappa shape index (κ2) is 17.8. The van der Waals surface area contributed by atoms with Gasteiger partial charge in [-0.3, -0.25) is 0 Å². The van der Waals surface area contributed by atoms with Crippen LogP contribution in [0.25, 0.3) is 0 Å². The Labute approximate surface area is 295 Å². The molecule has 0 amide bonds. The lowest BCUT2D eigenvalue weighted by atomic mass is 9.67. The van der Waals surface area contributed by atoms with E-state index in [2.05, 4.69) is 46.8 Å². The Balaban J connectivity index is 0.000000116. The summed E-state index contributed by atoms with van der Waals surface area (Å²) < 4.78 is 0. The van der Waals surface area contributed by atoms with E-state index in [9.17, 15) is 0 Å². The van der Waals surface area contributed by atoms with Gasteiger partial charge in [-0.15, -0.1) is 0 Å². The number of rotatable bonds is 1. The number of hydrogen-bond donors (Lipinski definition) is 0. The summed E-state index contributed by atoms with van der Waals surface area (Å²) in [5, 5.41) is 0. The molecule has 0 aromatic rings. The average molecular weight is 647 g/mol. The molecular weight excluding hydrogens is 565 g/mol. The van der Waals surface area contributed by atoms with Gasteiger partial charge in [0.15, 0.2) is 0 Å². The van der Waals surface area contributed by atoms with E-state index in [1.54, 1.807) is 57.8 Å². The Hall–Kier alpha value is -0.260. The van der Waals surface area contributed by atoms with Crippen molar-refractivity contribution in [2.45, 2.75) is 195 Å². The minimum Gasteiger partial charge on any atom is -0.0914 e. The van der Waals surface area contributed by atoms with Crippen molar-refractivity contribution in [2.75, 3.05) is 0 Å². The fourth-order valence-corrected chi connectivity index (χ4v) is 14.9. The van der Waals surface area contributed by atoms with E-state index in [0.717, 1.165) is 88.8 Å². The number of allylic oxidation sites excluding steroid dienone is 2. The molecule has 9 aliphatic carbocycles. The largest absolute Gasteiger partial charge is 0.0914 e. The van der Waals surface area contributed by atoms with Crippen LogP contribution in [-0.2, 0) is 0 Å². The van der Waals surface area contributed by atoms with E-state index in [1.165, 1.54) is 103 Å². The predicted molar refractivity (Wildman–Crippen MR) is 205 cm³/mol. The summed E-state index contributed by atoms with van der Waals surface area (Å²) >= 11 is 0. The minimum absolute atomic E-state index is 0.925. The summed E-state index contributed by atoms with van der Waals surface area (Å²) in [7, 11) is 0. The van der Waals surface area contributed by atoms with Crippen molar-refractivity contribution in [1.29, 1.82) is 0 Å². The van der Waals surface area contributed by atoms with Crippen molar-refractivity contribution in [1.82, 2.24) is 0 Å². The molecule has 0 nitrogen and oxygen atoms in total. The quantitative estimate of drug-likeness (QED) is 0.249. The molecule has 13 atom stereocenters. The van der Waals surface area contributed by atoms with Crippen molar-refractivity contribution in [2.24, 2.45) is 88.8 Å². The van der Waals surface area contributed by atoms with Crippen LogP contribution in [0.15, 0.2) is 12.2 Å². The first-order chi connectivity index (χ1) is 23.0. The van der Waals surface area contributed by atoms with Crippen LogP contribution in [0.4, 0.5) is 0 Å². The Kier molecular flexibility index (Phi) is 13.8. The standard InChI is InChI=1S/C17H28.C14H24.C10H18.C6H12/c1-3-7-13-8-6-11-15-12(2)14-9-4-5-10-16(14)17(13)15;1-10-11-6-2-4-8-13(11)14-9-5-3-7-12(10)14;1-8-6-7-9-4-2-3-5-10(8)9;1-6-4-2-3-5-6/h3,7,12-17H,4-6,8-11H2,1-2H3;10-14H,2-9H2,1H3;8-10H,2-7H2,1H3;6H,2-5H2,1H3/b7-3-;;;. The zero-order valence-electron chi connectivity index (χ0n) is 32.5. The van der Waals surface area contributed by atoms with Gasteiger partial charge in [0.05, 0.1) is 0 Å². The molecule has 0 heteroatoms. The van der Waals surface area contributed by atoms with Crippen LogP contribution in [0.5, 0.6) is 0 Å². The first kappa shape index (κ1) is 36.5. The van der Waals surface area contributed by atoms with Crippen LogP contribution in [0, 0.1) is 88.8 Å². The molecule has 9 fully saturated rings. The average Bonchev–Trinajstić information content (AvgIpc) is 3.89. The maximum Gasteiger partial charge on any atom is -0.0200 e. The summed E-state index contributed by atoms with van der Waals surface area (Å²) in [6.07, 6.45) is 43.1. The van der Waals surface area contributed by atoms with Gasteiger partial charge in [-0.25, -0.2) is 0 Å². The number of hydrogen-bond acceptors (Lipinski definition) is 0. The molecule has 0 spiro atoms. The van der Waals surface area contributed by atoms with Crippen LogP contribution < -0.4 is 0 Å². The fraction of sp³-hybridized carbons (Fsp3) is 0.957. The summed E-state index contributed by atoms with van der Waals surface area (Å²) in [5.74, 6) is 16.3. The van der Waals surface area contributed by atoms with Gasteiger partial charge in [0.1, 0.15) is 0 Å². The molecule has 9 aliphatic rings. The summed E-state index contributed by atoms with van der Waals surface area (Å²) in [6.45, 7) is 12.1. The summed E-state index contributed by atoms with van der Waals surface area (Å²) in [5.41, 5.74) is 0. The molecule has 0 aromatic carbocycles. The fourth-order valence-electron chi connectivity index (χ4n) is 14.9. The van der Waals surface area contributed by atoms with Crippen molar-refractivity contribution >= 4 is 0 Å². The lowest BCUT2D eigenvalue weighted by Gasteiger charge is -2.37. The molecule has 13 unspecified atom stereocenters. The SMILES string of the molecule is C/C=C\C1CCCC2C(C)C3CCCCC3C12.CC1C2CCCCC2C2CCCCC12.CC1CCC2CCCCC12.CC1CCCC1. The molecular formula is C47H82. The van der Waals surface area contributed by atoms with E-state index in [1.807, 2.05) is 0 Å². The van der Waals surface area contributed by atoms with Crippen molar-refractivity contribution in [3.8, 4) is 0 Å². The van der Waals surface area contributed by atoms with Crippen LogP contribution in [-0.4, -0.2) is 0 Å². The third-order valence-corrected chi connectivity index (χ3v) is 17.2. The van der Waals surface area contributed by atoms with Gasteiger partial charge in [0.2, 0.25) is 0 Å². The third kappa shape index (κ3) is 8.62. The summed E-state index contributed by atoms with van der Waals surface area (Å²) in [6, 6.07) is 0. The smallest absolute Gasteiger partial charge is 0.0200 e. The van der Waals surface area contributed by atoms with E-state index in [4.69, 9.17) is 0 Å². The second-order valence-electron chi connectivity index (χ2n) is 19.6. The van der Waals surface area contributed by atoms with Gasteiger partial charge in [0.25, 0.3) is 0 Å². The highest BCUT2D eigenvalue weighted by Gasteiger charge is 2.52. The Morgan fingerprint density at radius 1 is 0.362 bits per heavy atom. The molecule has 0 saturated heterocycles. The second-order valence-corrected chi connectivity index (χ2v) is 19.6. The van der Waals surface area contributed by atoms with Crippen LogP contribution in [0.2, 0.25) is 0 Å². The summed E-state index contributed by atoms with van der Waals surface area (Å²) in [4.78, 5) is 0. The Bertz CT molecular complexity index is 900. The minimum atomic E-state index is 0.925. The Morgan fingerprint density at radius 3 is 1.34 bits per heavy atom. The van der Waals surface area contributed by atoms with Gasteiger partial charge in [0, 0.05) is 0 Å². The van der Waals surface area contributed by atoms with E-state index < -0.39 is 0 Å². The molecule has 0 bridgehead atoms. The zero-order valence-corrected chi connectivity index (χ0v) is 32.5. The molecule has 0 aliphatic heterocycles. The maximum atomic E-state index is 2.58. The number of fused-ring (bicyclic) bond motifs is 7. The van der Waals surface area contributed by atoms with Crippen molar-refractivity contribution in [3.63, 3.8) is 0 Å². The zero-order chi connectivity index (χ0) is 32.8. The van der Waals surface area contributed by atoms with Gasteiger partial charge in [-0.05, 0) is 160 Å². The molecule has 47 heavy (non-hydrogen) atoms. The Morgan fingerprint density at radius 2 is 0.809 bits per heavy atom. The van der Waals surface area contributed by atoms with Crippen molar-refractivity contribution in [3.05, 3.63) is 12.2 Å². The van der Waals surface area contributed by atoms with Gasteiger partial charge in [-0.2, -0.15) is 0 Å². The lowest BCUT2D eigenvalue weighted by Crippen LogP contribution is -2.29. The van der Waals surface area contributed by atoms with E-state index in [0.29, 0.717) is 0 Å². The normalized spacial score (nSPS) is 47.1. The highest BCUT2D eigenvalue weighted by atomic mass is 14.6. The van der Waals surface area contributed by atoms with E-state index in [-0.39, 0.29) is 0 Å². The first-order valence-corrected chi connectivity index (χ1v) is 22.6. The lowest BCUT2D eigenvalue weighted by molar-refractivity contribution is 0.142. The highest BCUT2D eigenvalue weighted by molar-refractivity contribution is 5.05. The predicted octanol–water partition coefficient (Wildman–Crippen LogP) is 14.7. The molecule has 9 rings (SSSR count). The molecule has 0 radical (unpaired) electrons. The molecule has 9 saturated carbocycles. The van der Waals surface area contributed by atoms with Crippen LogP contribution in [0.1, 0.15) is 195 Å².